The Labute approximate surface area is 244 Å². The number of nitrogens with zero attached hydrogens (tertiary/aromatic N) is 8. The van der Waals surface area contributed by atoms with E-state index in [9.17, 15) is 14.7 Å². The molecule has 0 spiro atoms. The minimum atomic E-state index is -1.05. The van der Waals surface area contributed by atoms with Crippen molar-refractivity contribution in [2.75, 3.05) is 24.7 Å². The Kier molecular flexibility index (Phi) is 7.50. The molecule has 14 heteroatoms. The van der Waals surface area contributed by atoms with Crippen molar-refractivity contribution in [2.24, 2.45) is 0 Å². The largest absolute Gasteiger partial charge is 0.465 e. The first-order valence-corrected chi connectivity index (χ1v) is 13.7. The number of amides is 1. The molecule has 1 amide bonds. The number of tetrazole rings is 1. The second-order valence-corrected chi connectivity index (χ2v) is 10.0. The average Bonchev–Trinajstić information content (AvgIpc) is 3.76. The minimum Gasteiger partial charge on any atom is -0.465 e. The maximum atomic E-state index is 13.4. The minimum absolute atomic E-state index is 0.205. The van der Waals surface area contributed by atoms with Crippen molar-refractivity contribution in [3.05, 3.63) is 88.1 Å². The maximum Gasteiger partial charge on any atom is 0.411 e. The third-order valence-corrected chi connectivity index (χ3v) is 7.34. The molecule has 5 aromatic rings. The van der Waals surface area contributed by atoms with Crippen molar-refractivity contribution in [2.45, 2.75) is 25.8 Å². The van der Waals surface area contributed by atoms with E-state index in [0.717, 1.165) is 11.3 Å². The first-order chi connectivity index (χ1) is 20.4. The highest BCUT2D eigenvalue weighted by atomic mass is 35.5. The maximum absolute atomic E-state index is 13.4. The third kappa shape index (κ3) is 5.27. The highest BCUT2D eigenvalue weighted by Gasteiger charge is 2.29. The number of hydrogen-bond acceptors (Lipinski definition) is 8. The Morgan fingerprint density at radius 3 is 2.79 bits per heavy atom. The SMILES string of the molecule is CCOCCN(C(=O)O)c1ccc(-c2cnc([C@@H]3CCc4nc(-c5cc(Cl)ccc5-n5cnnn5)cc(=O)n43)[nH]2)cc1. The van der Waals surface area contributed by atoms with Crippen LogP contribution < -0.4 is 10.5 Å². The number of hydrogen-bond donors (Lipinski definition) is 2. The lowest BCUT2D eigenvalue weighted by Gasteiger charge is -2.19. The fourth-order valence-corrected chi connectivity index (χ4v) is 5.31. The Hall–Kier alpha value is -4.88. The van der Waals surface area contributed by atoms with Crippen molar-refractivity contribution in [1.29, 1.82) is 0 Å². The predicted molar refractivity (Wildman–Crippen MR) is 154 cm³/mol. The first-order valence-electron chi connectivity index (χ1n) is 13.3. The van der Waals surface area contributed by atoms with Crippen LogP contribution in [0.3, 0.4) is 0 Å². The number of rotatable bonds is 9. The highest BCUT2D eigenvalue weighted by Crippen LogP contribution is 2.33. The van der Waals surface area contributed by atoms with Crippen molar-refractivity contribution in [1.82, 2.24) is 39.7 Å². The Morgan fingerprint density at radius 1 is 1.21 bits per heavy atom. The van der Waals surface area contributed by atoms with E-state index in [1.165, 1.54) is 22.0 Å². The average molecular weight is 588 g/mol. The van der Waals surface area contributed by atoms with Gasteiger partial charge in [0.1, 0.15) is 18.0 Å². The van der Waals surface area contributed by atoms with Crippen LogP contribution in [0.25, 0.3) is 28.2 Å². The topological polar surface area (TPSA) is 157 Å². The number of anilines is 1. The van der Waals surface area contributed by atoms with Crippen LogP contribution in [0.1, 0.15) is 31.0 Å². The van der Waals surface area contributed by atoms with Crippen molar-refractivity contribution in [3.8, 4) is 28.2 Å². The monoisotopic (exact) mass is 587 g/mol. The lowest BCUT2D eigenvalue weighted by atomic mass is 10.1. The zero-order valence-corrected chi connectivity index (χ0v) is 23.3. The molecule has 4 heterocycles. The lowest BCUT2D eigenvalue weighted by Crippen LogP contribution is -2.32. The van der Waals surface area contributed by atoms with E-state index in [1.807, 2.05) is 19.1 Å². The van der Waals surface area contributed by atoms with Crippen LogP contribution in [0.15, 0.2) is 65.8 Å². The number of nitrogens with one attached hydrogen (secondary N) is 1. The molecule has 0 unspecified atom stereocenters. The molecule has 1 atom stereocenters. The number of aromatic nitrogens is 8. The van der Waals surface area contributed by atoms with Gasteiger partial charge in [-0.1, -0.05) is 23.7 Å². The van der Waals surface area contributed by atoms with E-state index < -0.39 is 6.09 Å². The second-order valence-electron chi connectivity index (χ2n) is 9.60. The Balaban J connectivity index is 1.26. The fourth-order valence-electron chi connectivity index (χ4n) is 5.13. The van der Waals surface area contributed by atoms with Gasteiger partial charge in [-0.2, -0.15) is 4.68 Å². The number of fused-ring (bicyclic) bond motifs is 1. The van der Waals surface area contributed by atoms with E-state index >= 15 is 0 Å². The number of H-pyrrole nitrogens is 1. The summed E-state index contributed by atoms with van der Waals surface area (Å²) in [5.41, 5.74) is 3.71. The van der Waals surface area contributed by atoms with E-state index in [4.69, 9.17) is 21.3 Å². The summed E-state index contributed by atoms with van der Waals surface area (Å²) in [5.74, 6) is 1.29. The Bertz CT molecular complexity index is 1780. The third-order valence-electron chi connectivity index (χ3n) is 7.10. The van der Waals surface area contributed by atoms with E-state index in [-0.39, 0.29) is 18.1 Å². The number of halogens is 1. The van der Waals surface area contributed by atoms with Crippen molar-refractivity contribution < 1.29 is 14.6 Å². The molecule has 42 heavy (non-hydrogen) atoms. The molecule has 0 aliphatic carbocycles. The molecule has 214 valence electrons. The lowest BCUT2D eigenvalue weighted by molar-refractivity contribution is 0.150. The molecule has 0 fully saturated rings. The van der Waals surface area contributed by atoms with Crippen LogP contribution >= 0.6 is 11.6 Å². The number of carbonyl (C=O) groups is 1. The van der Waals surface area contributed by atoms with Gasteiger partial charge in [-0.25, -0.2) is 14.8 Å². The summed E-state index contributed by atoms with van der Waals surface area (Å²) in [6, 6.07) is 13.6. The molecule has 0 saturated heterocycles. The van der Waals surface area contributed by atoms with Gasteiger partial charge in [0.15, 0.2) is 0 Å². The molecule has 1 aliphatic rings. The fraction of sp³-hybridized carbons (Fsp3) is 0.250. The van der Waals surface area contributed by atoms with Gasteiger partial charge in [0, 0.05) is 35.4 Å². The van der Waals surface area contributed by atoms with Crippen molar-refractivity contribution in [3.63, 3.8) is 0 Å². The van der Waals surface area contributed by atoms with Crippen LogP contribution in [0.4, 0.5) is 10.5 Å². The summed E-state index contributed by atoms with van der Waals surface area (Å²) < 4.78 is 8.47. The van der Waals surface area contributed by atoms with Gasteiger partial charge >= 0.3 is 6.09 Å². The molecule has 0 bridgehead atoms. The van der Waals surface area contributed by atoms with Gasteiger partial charge < -0.3 is 14.8 Å². The normalized spacial score (nSPS) is 14.2. The molecule has 1 aliphatic heterocycles. The van der Waals surface area contributed by atoms with Crippen molar-refractivity contribution >= 4 is 23.4 Å². The molecular formula is C28H26ClN9O4. The van der Waals surface area contributed by atoms with Gasteiger partial charge in [-0.3, -0.25) is 14.3 Å². The van der Waals surface area contributed by atoms with Crippen LogP contribution in [0.2, 0.25) is 5.02 Å². The summed E-state index contributed by atoms with van der Waals surface area (Å²) in [6.07, 6.45) is 3.38. The first kappa shape index (κ1) is 27.3. The molecule has 2 N–H and O–H groups in total. The van der Waals surface area contributed by atoms with Gasteiger partial charge in [0.05, 0.1) is 42.5 Å². The summed E-state index contributed by atoms with van der Waals surface area (Å²) in [6.45, 7) is 2.93. The van der Waals surface area contributed by atoms with Crippen LogP contribution in [0.5, 0.6) is 0 Å². The van der Waals surface area contributed by atoms with Crippen LogP contribution in [-0.2, 0) is 11.2 Å². The van der Waals surface area contributed by atoms with Gasteiger partial charge in [-0.15, -0.1) is 5.10 Å². The molecular weight excluding hydrogens is 562 g/mol. The number of benzene rings is 2. The van der Waals surface area contributed by atoms with Crippen LogP contribution in [0, 0.1) is 0 Å². The van der Waals surface area contributed by atoms with E-state index in [0.29, 0.717) is 65.4 Å². The summed E-state index contributed by atoms with van der Waals surface area (Å²) in [5, 5.41) is 21.5. The molecule has 2 aromatic carbocycles. The second kappa shape index (κ2) is 11.5. The zero-order valence-electron chi connectivity index (χ0n) is 22.5. The number of ether oxygens (including phenoxy) is 1. The predicted octanol–water partition coefficient (Wildman–Crippen LogP) is 3.99. The molecule has 0 radical (unpaired) electrons. The summed E-state index contributed by atoms with van der Waals surface area (Å²) >= 11 is 6.29. The number of aryl methyl sites for hydroxylation is 1. The zero-order chi connectivity index (χ0) is 29.2. The highest BCUT2D eigenvalue weighted by molar-refractivity contribution is 6.31. The smallest absolute Gasteiger partial charge is 0.411 e. The van der Waals surface area contributed by atoms with Gasteiger partial charge in [0.2, 0.25) is 0 Å². The molecule has 3 aromatic heterocycles. The Morgan fingerprint density at radius 2 is 2.05 bits per heavy atom. The van der Waals surface area contributed by atoms with Gasteiger partial charge in [-0.05, 0) is 59.7 Å². The number of imidazole rings is 1. The summed E-state index contributed by atoms with van der Waals surface area (Å²) in [4.78, 5) is 39.2. The number of carboxylic acid groups (broad SMARTS) is 1. The van der Waals surface area contributed by atoms with Crippen LogP contribution in [-0.4, -0.2) is 70.7 Å². The summed E-state index contributed by atoms with van der Waals surface area (Å²) in [7, 11) is 0. The molecule has 13 nitrogen and oxygen atoms in total. The quantitative estimate of drug-likeness (QED) is 0.243. The van der Waals surface area contributed by atoms with E-state index in [1.54, 1.807) is 41.1 Å². The molecule has 6 rings (SSSR count). The molecule has 0 saturated carbocycles. The van der Waals surface area contributed by atoms with E-state index in [2.05, 4.69) is 25.5 Å². The standard InChI is InChI=1S/C28H26ClN9O4/c1-2-42-12-11-36(28(40)41)19-6-3-17(4-7-19)22-15-30-27(33-22)24-9-10-25-32-21(14-26(39)38(24)25)20-13-18(29)5-8-23(20)37-16-31-34-35-37/h3-8,13-16,24H,2,9-12H2,1H3,(H,30,33)(H,40,41)/t24-/m0/s1. The van der Waals surface area contributed by atoms with Gasteiger partial charge in [0.25, 0.3) is 5.56 Å². The number of aromatic amines is 1.